The molecular weight excluding hydrogens is 268 g/mol. The zero-order valence-corrected chi connectivity index (χ0v) is 11.9. The Labute approximate surface area is 117 Å². The van der Waals surface area contributed by atoms with Crippen molar-refractivity contribution >= 4 is 23.7 Å². The second kappa shape index (κ2) is 10.3. The van der Waals surface area contributed by atoms with Crippen LogP contribution < -0.4 is 0 Å². The van der Waals surface area contributed by atoms with Gasteiger partial charge in [-0.05, 0) is 26.0 Å². The molecule has 0 bridgehead atoms. The van der Waals surface area contributed by atoms with Gasteiger partial charge in [0, 0.05) is 5.75 Å². The van der Waals surface area contributed by atoms with Crippen LogP contribution in [0, 0.1) is 0 Å². The van der Waals surface area contributed by atoms with Crippen molar-refractivity contribution < 1.29 is 24.2 Å². The monoisotopic (exact) mass is 286 g/mol. The van der Waals surface area contributed by atoms with Gasteiger partial charge in [0.25, 0.3) is 0 Å². The first-order chi connectivity index (χ1) is 9.06. The van der Waals surface area contributed by atoms with E-state index >= 15 is 0 Å². The standard InChI is InChI=1S/C13H18O5S/c1-4-9-19-11(13(16)18-6-3)8-7-10(14)12(15)17-5-2/h4,7-8,14H,1,5-6,9H2,2-3H3. The van der Waals surface area contributed by atoms with Crippen LogP contribution in [0.15, 0.2) is 35.5 Å². The van der Waals surface area contributed by atoms with Crippen LogP contribution >= 0.6 is 11.8 Å². The van der Waals surface area contributed by atoms with Crippen LogP contribution in [0.25, 0.3) is 0 Å². The van der Waals surface area contributed by atoms with E-state index in [-0.39, 0.29) is 18.1 Å². The van der Waals surface area contributed by atoms with Crippen LogP contribution in [-0.2, 0) is 19.1 Å². The number of thioether (sulfide) groups is 1. The first kappa shape index (κ1) is 17.3. The molecule has 0 aliphatic carbocycles. The predicted molar refractivity (Wildman–Crippen MR) is 74.7 cm³/mol. The highest BCUT2D eigenvalue weighted by Gasteiger charge is 2.11. The van der Waals surface area contributed by atoms with Gasteiger partial charge in [-0.1, -0.05) is 6.08 Å². The molecule has 19 heavy (non-hydrogen) atoms. The highest BCUT2D eigenvalue weighted by atomic mass is 32.2. The maximum Gasteiger partial charge on any atom is 0.373 e. The third-order valence-corrected chi connectivity index (χ3v) is 2.73. The molecule has 1 N–H and O–H groups in total. The highest BCUT2D eigenvalue weighted by Crippen LogP contribution is 2.18. The quantitative estimate of drug-likeness (QED) is 0.243. The summed E-state index contributed by atoms with van der Waals surface area (Å²) < 4.78 is 9.45. The summed E-state index contributed by atoms with van der Waals surface area (Å²) in [6, 6.07) is 0. The van der Waals surface area contributed by atoms with Crippen LogP contribution in [-0.4, -0.2) is 36.0 Å². The van der Waals surface area contributed by atoms with Crippen molar-refractivity contribution in [3.63, 3.8) is 0 Å². The summed E-state index contributed by atoms with van der Waals surface area (Å²) in [6.07, 6.45) is 4.06. The van der Waals surface area contributed by atoms with Crippen molar-refractivity contribution in [2.75, 3.05) is 19.0 Å². The van der Waals surface area contributed by atoms with Gasteiger partial charge in [-0.25, -0.2) is 9.59 Å². The Kier molecular flexibility index (Phi) is 9.34. The molecule has 0 fully saturated rings. The normalized spacial score (nSPS) is 11.9. The number of carbonyl (C=O) groups excluding carboxylic acids is 2. The number of hydrogen-bond acceptors (Lipinski definition) is 6. The maximum atomic E-state index is 11.6. The van der Waals surface area contributed by atoms with Gasteiger partial charge < -0.3 is 14.6 Å². The third-order valence-electron chi connectivity index (χ3n) is 1.71. The number of rotatable bonds is 8. The topological polar surface area (TPSA) is 72.8 Å². The van der Waals surface area contributed by atoms with Crippen molar-refractivity contribution in [3.05, 3.63) is 35.5 Å². The van der Waals surface area contributed by atoms with E-state index in [1.54, 1.807) is 19.9 Å². The Hall–Kier alpha value is -1.69. The largest absolute Gasteiger partial charge is 0.502 e. The predicted octanol–water partition coefficient (Wildman–Crippen LogP) is 2.36. The third kappa shape index (κ3) is 7.35. The van der Waals surface area contributed by atoms with Crippen LogP contribution in [0.5, 0.6) is 0 Å². The Bertz CT molecular complexity index is 384. The van der Waals surface area contributed by atoms with Gasteiger partial charge in [0.15, 0.2) is 0 Å². The van der Waals surface area contributed by atoms with Crippen molar-refractivity contribution in [3.8, 4) is 0 Å². The van der Waals surface area contributed by atoms with Crippen molar-refractivity contribution in [1.82, 2.24) is 0 Å². The minimum atomic E-state index is -0.837. The van der Waals surface area contributed by atoms with Crippen LogP contribution in [0.2, 0.25) is 0 Å². The second-order valence-electron chi connectivity index (χ2n) is 3.12. The number of allylic oxidation sites excluding steroid dienone is 2. The van der Waals surface area contributed by atoms with Crippen molar-refractivity contribution in [1.29, 1.82) is 0 Å². The number of aliphatic hydroxyl groups excluding tert-OH is 1. The molecule has 0 aliphatic rings. The van der Waals surface area contributed by atoms with Gasteiger partial charge in [-0.3, -0.25) is 0 Å². The zero-order valence-electron chi connectivity index (χ0n) is 11.0. The van der Waals surface area contributed by atoms with Gasteiger partial charge in [0.1, 0.15) is 0 Å². The average molecular weight is 286 g/mol. The van der Waals surface area contributed by atoms with Gasteiger partial charge in [-0.2, -0.15) is 0 Å². The lowest BCUT2D eigenvalue weighted by Crippen LogP contribution is -2.08. The molecule has 0 heterocycles. The summed E-state index contributed by atoms with van der Waals surface area (Å²) in [7, 11) is 0. The lowest BCUT2D eigenvalue weighted by molar-refractivity contribution is -0.141. The minimum Gasteiger partial charge on any atom is -0.502 e. The van der Waals surface area contributed by atoms with E-state index in [0.29, 0.717) is 5.75 Å². The van der Waals surface area contributed by atoms with E-state index in [1.807, 2.05) is 0 Å². The van der Waals surface area contributed by atoms with E-state index < -0.39 is 17.7 Å². The fourth-order valence-electron chi connectivity index (χ4n) is 0.954. The molecule has 106 valence electrons. The Morgan fingerprint density at radius 3 is 2.26 bits per heavy atom. The van der Waals surface area contributed by atoms with Crippen molar-refractivity contribution in [2.45, 2.75) is 13.8 Å². The first-order valence-corrected chi connectivity index (χ1v) is 6.74. The van der Waals surface area contributed by atoms with E-state index in [9.17, 15) is 14.7 Å². The summed E-state index contributed by atoms with van der Waals surface area (Å²) in [6.45, 7) is 7.28. The Morgan fingerprint density at radius 2 is 1.74 bits per heavy atom. The number of esters is 2. The lowest BCUT2D eigenvalue weighted by Gasteiger charge is -2.04. The van der Waals surface area contributed by atoms with Gasteiger partial charge >= 0.3 is 11.9 Å². The fraction of sp³-hybridized carbons (Fsp3) is 0.385. The molecule has 0 aromatic carbocycles. The van der Waals surface area contributed by atoms with Crippen LogP contribution in [0.1, 0.15) is 13.8 Å². The van der Waals surface area contributed by atoms with Crippen molar-refractivity contribution in [2.24, 2.45) is 0 Å². The van der Waals surface area contributed by atoms with Gasteiger partial charge in [0.05, 0.1) is 18.1 Å². The smallest absolute Gasteiger partial charge is 0.373 e. The molecule has 0 saturated carbocycles. The summed E-state index contributed by atoms with van der Waals surface area (Å²) in [5.41, 5.74) is 0. The molecule has 0 radical (unpaired) electrons. The maximum absolute atomic E-state index is 11.6. The molecule has 0 aliphatic heterocycles. The molecule has 0 aromatic rings. The molecular formula is C13H18O5S. The number of ether oxygens (including phenoxy) is 2. The molecule has 0 rings (SSSR count). The Balaban J connectivity index is 4.87. The lowest BCUT2D eigenvalue weighted by atomic mass is 10.4. The molecule has 0 atom stereocenters. The first-order valence-electron chi connectivity index (χ1n) is 5.75. The van der Waals surface area contributed by atoms with Crippen LogP contribution in [0.3, 0.4) is 0 Å². The average Bonchev–Trinajstić information content (AvgIpc) is 2.39. The molecule has 0 saturated heterocycles. The molecule has 0 amide bonds. The van der Waals surface area contributed by atoms with E-state index in [1.165, 1.54) is 17.8 Å². The molecule has 0 spiro atoms. The number of aliphatic hydroxyl groups is 1. The van der Waals surface area contributed by atoms with E-state index in [0.717, 1.165) is 6.08 Å². The zero-order chi connectivity index (χ0) is 14.7. The van der Waals surface area contributed by atoms with Crippen LogP contribution in [0.4, 0.5) is 0 Å². The molecule has 0 aromatic heterocycles. The summed E-state index contributed by atoms with van der Waals surface area (Å²) in [5, 5.41) is 9.40. The summed E-state index contributed by atoms with van der Waals surface area (Å²) in [4.78, 5) is 23.0. The molecule has 5 nitrogen and oxygen atoms in total. The summed E-state index contributed by atoms with van der Waals surface area (Å²) >= 11 is 1.20. The van der Waals surface area contributed by atoms with Gasteiger partial charge in [0.2, 0.25) is 5.76 Å². The molecule has 6 heteroatoms. The second-order valence-corrected chi connectivity index (χ2v) is 4.19. The summed E-state index contributed by atoms with van der Waals surface area (Å²) in [5.74, 6) is -1.40. The molecule has 0 unspecified atom stereocenters. The minimum absolute atomic E-state index is 0.163. The number of hydrogen-bond donors (Lipinski definition) is 1. The SMILES string of the molecule is C=CCSC(=CC=C(O)C(=O)OCC)C(=O)OCC. The van der Waals surface area contributed by atoms with E-state index in [4.69, 9.17) is 4.74 Å². The van der Waals surface area contributed by atoms with E-state index in [2.05, 4.69) is 11.3 Å². The van der Waals surface area contributed by atoms with Gasteiger partial charge in [-0.15, -0.1) is 18.3 Å². The number of carbonyl (C=O) groups is 2. The highest BCUT2D eigenvalue weighted by molar-refractivity contribution is 8.04. The Morgan fingerprint density at radius 1 is 1.16 bits per heavy atom. The fourth-order valence-corrected chi connectivity index (χ4v) is 1.59.